The van der Waals surface area contributed by atoms with Crippen molar-refractivity contribution in [2.24, 2.45) is 0 Å². The van der Waals surface area contributed by atoms with Crippen LogP contribution in [0.15, 0.2) is 72.4 Å². The SMILES string of the molecule is C=CC(=C)C=CC=C(C)C=CC=C(C)C=O. The molecule has 0 amide bonds. The van der Waals surface area contributed by atoms with Crippen molar-refractivity contribution >= 4 is 6.29 Å². The van der Waals surface area contributed by atoms with E-state index in [0.717, 1.165) is 17.4 Å². The van der Waals surface area contributed by atoms with Crippen LogP contribution in [0.25, 0.3) is 0 Å². The summed E-state index contributed by atoms with van der Waals surface area (Å²) in [5.41, 5.74) is 2.69. The number of allylic oxidation sites excluding steroid dienone is 10. The molecule has 0 unspecified atom stereocenters. The Hall–Kier alpha value is -1.89. The van der Waals surface area contributed by atoms with Crippen LogP contribution in [0.4, 0.5) is 0 Å². The third kappa shape index (κ3) is 7.51. The summed E-state index contributed by atoms with van der Waals surface area (Å²) >= 11 is 0. The van der Waals surface area contributed by atoms with Gasteiger partial charge in [0.05, 0.1) is 0 Å². The van der Waals surface area contributed by atoms with Crippen LogP contribution >= 0.6 is 0 Å². The fourth-order valence-electron chi connectivity index (χ4n) is 0.838. The van der Waals surface area contributed by atoms with Gasteiger partial charge in [0.15, 0.2) is 0 Å². The van der Waals surface area contributed by atoms with E-state index in [1.807, 2.05) is 37.3 Å². The monoisotopic (exact) mass is 214 g/mol. The average Bonchev–Trinajstić information content (AvgIpc) is 2.28. The van der Waals surface area contributed by atoms with Crippen molar-refractivity contribution in [3.63, 3.8) is 0 Å². The van der Waals surface area contributed by atoms with Crippen LogP contribution in [0.3, 0.4) is 0 Å². The van der Waals surface area contributed by atoms with Crippen molar-refractivity contribution in [1.29, 1.82) is 0 Å². The molecule has 0 aromatic heterocycles. The Morgan fingerprint density at radius 3 is 2.12 bits per heavy atom. The molecule has 0 bridgehead atoms. The van der Waals surface area contributed by atoms with Crippen LogP contribution in [0.2, 0.25) is 0 Å². The molecule has 16 heavy (non-hydrogen) atoms. The summed E-state index contributed by atoms with van der Waals surface area (Å²) in [6.45, 7) is 11.1. The van der Waals surface area contributed by atoms with E-state index in [4.69, 9.17) is 0 Å². The molecule has 0 aromatic rings. The van der Waals surface area contributed by atoms with E-state index >= 15 is 0 Å². The summed E-state index contributed by atoms with van der Waals surface area (Å²) in [6, 6.07) is 0. The molecule has 0 rings (SSSR count). The van der Waals surface area contributed by atoms with Gasteiger partial charge in [-0.2, -0.15) is 0 Å². The van der Waals surface area contributed by atoms with Gasteiger partial charge in [-0.15, -0.1) is 0 Å². The highest BCUT2D eigenvalue weighted by Crippen LogP contribution is 1.99. The molecule has 0 aliphatic carbocycles. The van der Waals surface area contributed by atoms with E-state index in [1.165, 1.54) is 0 Å². The fraction of sp³-hybridized carbons (Fsp3) is 0.133. The van der Waals surface area contributed by atoms with Crippen molar-refractivity contribution in [2.75, 3.05) is 0 Å². The second-order valence-corrected chi connectivity index (χ2v) is 3.44. The highest BCUT2D eigenvalue weighted by atomic mass is 16.1. The van der Waals surface area contributed by atoms with E-state index in [2.05, 4.69) is 13.2 Å². The summed E-state index contributed by atoms with van der Waals surface area (Å²) in [5.74, 6) is 0. The number of carbonyl (C=O) groups is 1. The lowest BCUT2D eigenvalue weighted by Gasteiger charge is -1.88. The van der Waals surface area contributed by atoms with E-state index in [1.54, 1.807) is 19.1 Å². The summed E-state index contributed by atoms with van der Waals surface area (Å²) in [5, 5.41) is 0. The highest BCUT2D eigenvalue weighted by Gasteiger charge is 1.81. The van der Waals surface area contributed by atoms with E-state index < -0.39 is 0 Å². The first-order valence-electron chi connectivity index (χ1n) is 5.06. The van der Waals surface area contributed by atoms with E-state index in [-0.39, 0.29) is 0 Å². The quantitative estimate of drug-likeness (QED) is 0.372. The number of carbonyl (C=O) groups excluding carboxylic acids is 1. The molecule has 0 N–H and O–H groups in total. The Morgan fingerprint density at radius 1 is 1.00 bits per heavy atom. The predicted molar refractivity (Wildman–Crippen MR) is 71.2 cm³/mol. The molecule has 84 valence electrons. The number of hydrogen-bond acceptors (Lipinski definition) is 1. The molecule has 0 saturated carbocycles. The predicted octanol–water partition coefficient (Wildman–Crippen LogP) is 3.93. The first-order valence-corrected chi connectivity index (χ1v) is 5.06. The topological polar surface area (TPSA) is 17.1 Å². The molecule has 0 aliphatic rings. The third-order valence-electron chi connectivity index (χ3n) is 1.84. The number of aldehydes is 1. The first-order chi connectivity index (χ1) is 7.60. The Kier molecular flexibility index (Phi) is 7.43. The third-order valence-corrected chi connectivity index (χ3v) is 1.84. The molecule has 0 radical (unpaired) electrons. The maximum atomic E-state index is 10.3. The largest absolute Gasteiger partial charge is 0.298 e. The van der Waals surface area contributed by atoms with Gasteiger partial charge in [0.2, 0.25) is 0 Å². The summed E-state index contributed by atoms with van der Waals surface area (Å²) in [6.07, 6.45) is 13.9. The molecule has 1 heteroatoms. The van der Waals surface area contributed by atoms with Crippen LogP contribution in [0.1, 0.15) is 13.8 Å². The standard InChI is InChI=1S/C15H18O/c1-5-13(2)8-6-9-14(3)10-7-11-15(4)12-16/h5-12H,1-2H2,3-4H3. The molecular formula is C15H18O. The zero-order valence-corrected chi connectivity index (χ0v) is 9.94. The Bertz CT molecular complexity index is 376. The van der Waals surface area contributed by atoms with Crippen LogP contribution in [-0.4, -0.2) is 6.29 Å². The Balaban J connectivity index is 4.35. The Morgan fingerprint density at radius 2 is 1.56 bits per heavy atom. The molecule has 0 atom stereocenters. The molecule has 0 fully saturated rings. The van der Waals surface area contributed by atoms with Gasteiger partial charge in [-0.05, 0) is 25.0 Å². The highest BCUT2D eigenvalue weighted by molar-refractivity contribution is 5.72. The van der Waals surface area contributed by atoms with E-state index in [0.29, 0.717) is 5.57 Å². The van der Waals surface area contributed by atoms with Crippen LogP contribution in [0.5, 0.6) is 0 Å². The van der Waals surface area contributed by atoms with Crippen molar-refractivity contribution < 1.29 is 4.79 Å². The fourth-order valence-corrected chi connectivity index (χ4v) is 0.838. The molecular weight excluding hydrogens is 196 g/mol. The van der Waals surface area contributed by atoms with Gasteiger partial charge in [0, 0.05) is 0 Å². The minimum Gasteiger partial charge on any atom is -0.298 e. The van der Waals surface area contributed by atoms with Crippen molar-refractivity contribution in [2.45, 2.75) is 13.8 Å². The van der Waals surface area contributed by atoms with Crippen molar-refractivity contribution in [3.05, 3.63) is 72.4 Å². The van der Waals surface area contributed by atoms with Gasteiger partial charge in [-0.1, -0.05) is 61.3 Å². The smallest absolute Gasteiger partial charge is 0.145 e. The summed E-state index contributed by atoms with van der Waals surface area (Å²) in [4.78, 5) is 10.3. The number of hydrogen-bond donors (Lipinski definition) is 0. The molecule has 0 saturated heterocycles. The van der Waals surface area contributed by atoms with Crippen molar-refractivity contribution in [3.8, 4) is 0 Å². The van der Waals surface area contributed by atoms with Gasteiger partial charge >= 0.3 is 0 Å². The lowest BCUT2D eigenvalue weighted by molar-refractivity contribution is -0.104. The second-order valence-electron chi connectivity index (χ2n) is 3.44. The average molecular weight is 214 g/mol. The molecule has 0 heterocycles. The molecule has 0 aromatic carbocycles. The van der Waals surface area contributed by atoms with Gasteiger partial charge in [0.1, 0.15) is 6.29 Å². The van der Waals surface area contributed by atoms with Crippen LogP contribution in [-0.2, 0) is 4.79 Å². The minimum atomic E-state index is 0.708. The van der Waals surface area contributed by atoms with Gasteiger partial charge in [-0.25, -0.2) is 0 Å². The zero-order chi connectivity index (χ0) is 12.4. The maximum Gasteiger partial charge on any atom is 0.145 e. The molecule has 0 spiro atoms. The van der Waals surface area contributed by atoms with Crippen molar-refractivity contribution in [1.82, 2.24) is 0 Å². The molecule has 1 nitrogen and oxygen atoms in total. The molecule has 0 aliphatic heterocycles. The second kappa shape index (κ2) is 8.42. The Labute approximate surface area is 97.9 Å². The van der Waals surface area contributed by atoms with Crippen LogP contribution < -0.4 is 0 Å². The zero-order valence-electron chi connectivity index (χ0n) is 9.94. The lowest BCUT2D eigenvalue weighted by Crippen LogP contribution is -1.73. The lowest BCUT2D eigenvalue weighted by atomic mass is 10.2. The normalized spacial score (nSPS) is 13.4. The summed E-state index contributed by atoms with van der Waals surface area (Å²) < 4.78 is 0. The van der Waals surface area contributed by atoms with Gasteiger partial charge in [-0.3, -0.25) is 4.79 Å². The minimum absolute atomic E-state index is 0.708. The van der Waals surface area contributed by atoms with E-state index in [9.17, 15) is 4.79 Å². The maximum absolute atomic E-state index is 10.3. The van der Waals surface area contributed by atoms with Gasteiger partial charge < -0.3 is 0 Å². The summed E-state index contributed by atoms with van der Waals surface area (Å²) in [7, 11) is 0. The first kappa shape index (κ1) is 14.1. The van der Waals surface area contributed by atoms with Crippen LogP contribution in [0, 0.1) is 0 Å². The van der Waals surface area contributed by atoms with Gasteiger partial charge in [0.25, 0.3) is 0 Å². The number of rotatable bonds is 6.